The molecule has 2 aromatic carbocycles. The number of nitrogens with one attached hydrogen (secondary N) is 2. The molecule has 3 rings (SSSR count). The van der Waals surface area contributed by atoms with Gasteiger partial charge in [-0.05, 0) is 28.8 Å². The Balaban J connectivity index is 0.00000280. The maximum atomic E-state index is 5.45. The van der Waals surface area contributed by atoms with Crippen LogP contribution in [0.15, 0.2) is 58.0 Å². The first kappa shape index (κ1) is 23.1. The highest BCUT2D eigenvalue weighted by molar-refractivity contribution is 14.0. The molecular weight excluding hydrogens is 531 g/mol. The summed E-state index contributed by atoms with van der Waals surface area (Å²) in [4.78, 5) is 6.79. The fraction of sp³-hybridized carbons (Fsp3) is 0.381. The molecule has 28 heavy (non-hydrogen) atoms. The lowest BCUT2D eigenvalue weighted by Crippen LogP contribution is -2.37. The Morgan fingerprint density at radius 3 is 2.32 bits per heavy atom. The average molecular weight is 559 g/mol. The van der Waals surface area contributed by atoms with Crippen LogP contribution in [0.2, 0.25) is 0 Å². The van der Waals surface area contributed by atoms with Crippen LogP contribution in [0.25, 0.3) is 0 Å². The molecule has 152 valence electrons. The lowest BCUT2D eigenvalue weighted by atomic mass is 10.1. The zero-order valence-corrected chi connectivity index (χ0v) is 20.1. The second kappa shape index (κ2) is 12.4. The van der Waals surface area contributed by atoms with Crippen molar-refractivity contribution in [2.24, 2.45) is 4.99 Å². The number of morpholine rings is 1. The summed E-state index contributed by atoms with van der Waals surface area (Å²) in [5, 5.41) is 6.80. The van der Waals surface area contributed by atoms with Crippen molar-refractivity contribution in [3.8, 4) is 0 Å². The van der Waals surface area contributed by atoms with Gasteiger partial charge in [-0.2, -0.15) is 0 Å². The first-order chi connectivity index (χ1) is 13.2. The minimum atomic E-state index is 0. The Bertz CT molecular complexity index is 748. The number of rotatable bonds is 6. The van der Waals surface area contributed by atoms with Crippen molar-refractivity contribution in [3.05, 3.63) is 69.7 Å². The summed E-state index contributed by atoms with van der Waals surface area (Å²) in [5.74, 6) is 0.805. The predicted molar refractivity (Wildman–Crippen MR) is 129 cm³/mol. The molecule has 1 aliphatic heterocycles. The SMILES string of the molecule is CN=C(NCc1ccc(Br)cc1)NCc1ccccc1CN1CCOCC1.I. The van der Waals surface area contributed by atoms with E-state index in [0.717, 1.165) is 56.4 Å². The van der Waals surface area contributed by atoms with Gasteiger partial charge in [-0.25, -0.2) is 0 Å². The van der Waals surface area contributed by atoms with Crippen LogP contribution in [0.4, 0.5) is 0 Å². The van der Waals surface area contributed by atoms with Crippen molar-refractivity contribution in [1.29, 1.82) is 0 Å². The molecule has 5 nitrogen and oxygen atoms in total. The predicted octanol–water partition coefficient (Wildman–Crippen LogP) is 3.76. The number of benzene rings is 2. The van der Waals surface area contributed by atoms with Crippen molar-refractivity contribution >= 4 is 45.9 Å². The number of halogens is 2. The molecule has 0 spiro atoms. The minimum absolute atomic E-state index is 0. The van der Waals surface area contributed by atoms with Crippen LogP contribution in [0.5, 0.6) is 0 Å². The van der Waals surface area contributed by atoms with Gasteiger partial charge < -0.3 is 15.4 Å². The quantitative estimate of drug-likeness (QED) is 0.322. The van der Waals surface area contributed by atoms with E-state index in [1.165, 1.54) is 16.7 Å². The van der Waals surface area contributed by atoms with Gasteiger partial charge in [-0.3, -0.25) is 9.89 Å². The normalized spacial score (nSPS) is 15.0. The maximum absolute atomic E-state index is 5.45. The number of nitrogens with zero attached hydrogens (tertiary/aromatic N) is 2. The Hall–Kier alpha value is -1.16. The fourth-order valence-electron chi connectivity index (χ4n) is 3.07. The molecule has 0 aliphatic carbocycles. The van der Waals surface area contributed by atoms with Gasteiger partial charge in [0.05, 0.1) is 13.2 Å². The fourth-order valence-corrected chi connectivity index (χ4v) is 3.34. The molecule has 0 saturated carbocycles. The van der Waals surface area contributed by atoms with E-state index in [2.05, 4.69) is 85.0 Å². The Kier molecular flexibility index (Phi) is 10.3. The number of guanidine groups is 1. The highest BCUT2D eigenvalue weighted by Crippen LogP contribution is 2.13. The molecule has 0 amide bonds. The van der Waals surface area contributed by atoms with E-state index in [9.17, 15) is 0 Å². The highest BCUT2D eigenvalue weighted by Gasteiger charge is 2.12. The van der Waals surface area contributed by atoms with Crippen LogP contribution < -0.4 is 10.6 Å². The monoisotopic (exact) mass is 558 g/mol. The van der Waals surface area contributed by atoms with Crippen LogP contribution in [0.1, 0.15) is 16.7 Å². The van der Waals surface area contributed by atoms with Crippen LogP contribution in [-0.4, -0.2) is 44.2 Å². The number of aliphatic imine (C=N–C) groups is 1. The number of hydrogen-bond acceptors (Lipinski definition) is 3. The van der Waals surface area contributed by atoms with Gasteiger partial charge in [-0.15, -0.1) is 24.0 Å². The van der Waals surface area contributed by atoms with Gasteiger partial charge in [-0.1, -0.05) is 52.3 Å². The molecular formula is C21H28BrIN4O. The first-order valence-electron chi connectivity index (χ1n) is 9.30. The molecule has 1 aliphatic rings. The van der Waals surface area contributed by atoms with E-state index < -0.39 is 0 Å². The van der Waals surface area contributed by atoms with Gasteiger partial charge >= 0.3 is 0 Å². The molecule has 0 aromatic heterocycles. The zero-order valence-electron chi connectivity index (χ0n) is 16.2. The third kappa shape index (κ3) is 7.35. The van der Waals surface area contributed by atoms with Gasteiger partial charge in [0.25, 0.3) is 0 Å². The molecule has 1 heterocycles. The lowest BCUT2D eigenvalue weighted by Gasteiger charge is -2.27. The number of hydrogen-bond donors (Lipinski definition) is 2. The molecule has 0 unspecified atom stereocenters. The van der Waals surface area contributed by atoms with Crippen LogP contribution in [0.3, 0.4) is 0 Å². The molecule has 1 saturated heterocycles. The Morgan fingerprint density at radius 1 is 1.00 bits per heavy atom. The average Bonchev–Trinajstić information content (AvgIpc) is 2.71. The Labute approximate surface area is 193 Å². The molecule has 2 aromatic rings. The van der Waals surface area contributed by atoms with E-state index in [1.54, 1.807) is 7.05 Å². The van der Waals surface area contributed by atoms with E-state index in [0.29, 0.717) is 0 Å². The maximum Gasteiger partial charge on any atom is 0.191 e. The van der Waals surface area contributed by atoms with E-state index in [1.807, 2.05) is 0 Å². The Morgan fingerprint density at radius 2 is 1.64 bits per heavy atom. The zero-order chi connectivity index (χ0) is 18.9. The largest absolute Gasteiger partial charge is 0.379 e. The highest BCUT2D eigenvalue weighted by atomic mass is 127. The van der Waals surface area contributed by atoms with Crippen molar-refractivity contribution in [3.63, 3.8) is 0 Å². The second-order valence-electron chi connectivity index (χ2n) is 6.56. The summed E-state index contributed by atoms with van der Waals surface area (Å²) in [6, 6.07) is 16.9. The molecule has 1 fully saturated rings. The van der Waals surface area contributed by atoms with Gasteiger partial charge in [0.15, 0.2) is 5.96 Å². The summed E-state index contributed by atoms with van der Waals surface area (Å²) >= 11 is 3.47. The molecule has 0 bridgehead atoms. The summed E-state index contributed by atoms with van der Waals surface area (Å²) in [7, 11) is 1.80. The topological polar surface area (TPSA) is 48.9 Å². The van der Waals surface area contributed by atoms with E-state index in [4.69, 9.17) is 4.74 Å². The van der Waals surface area contributed by atoms with Gasteiger partial charge in [0.2, 0.25) is 0 Å². The van der Waals surface area contributed by atoms with Crippen LogP contribution in [0, 0.1) is 0 Å². The van der Waals surface area contributed by atoms with E-state index in [-0.39, 0.29) is 24.0 Å². The third-order valence-corrected chi connectivity index (χ3v) is 5.19. The molecule has 7 heteroatoms. The van der Waals surface area contributed by atoms with Crippen molar-refractivity contribution < 1.29 is 4.74 Å². The molecule has 0 atom stereocenters. The van der Waals surface area contributed by atoms with Gasteiger partial charge in [0, 0.05) is 44.2 Å². The third-order valence-electron chi connectivity index (χ3n) is 4.66. The van der Waals surface area contributed by atoms with Crippen molar-refractivity contribution in [2.75, 3.05) is 33.4 Å². The lowest BCUT2D eigenvalue weighted by molar-refractivity contribution is 0.0341. The minimum Gasteiger partial charge on any atom is -0.379 e. The van der Waals surface area contributed by atoms with Crippen LogP contribution >= 0.6 is 39.9 Å². The second-order valence-corrected chi connectivity index (χ2v) is 7.48. The standard InChI is InChI=1S/C21H27BrN4O.HI/c1-23-21(24-14-17-6-8-20(22)9-7-17)25-15-18-4-2-3-5-19(18)16-26-10-12-27-13-11-26;/h2-9H,10-16H2,1H3,(H2,23,24,25);1H. The summed E-state index contributed by atoms with van der Waals surface area (Å²) < 4.78 is 6.54. The van der Waals surface area contributed by atoms with E-state index >= 15 is 0 Å². The van der Waals surface area contributed by atoms with Crippen molar-refractivity contribution in [1.82, 2.24) is 15.5 Å². The number of ether oxygens (including phenoxy) is 1. The summed E-state index contributed by atoms with van der Waals surface area (Å²) in [6.07, 6.45) is 0. The smallest absolute Gasteiger partial charge is 0.191 e. The van der Waals surface area contributed by atoms with Crippen molar-refractivity contribution in [2.45, 2.75) is 19.6 Å². The van der Waals surface area contributed by atoms with Crippen LogP contribution in [-0.2, 0) is 24.4 Å². The summed E-state index contributed by atoms with van der Waals surface area (Å²) in [5.41, 5.74) is 3.87. The molecule has 2 N–H and O–H groups in total. The summed E-state index contributed by atoms with van der Waals surface area (Å²) in [6.45, 7) is 6.10. The van der Waals surface area contributed by atoms with Gasteiger partial charge in [0.1, 0.15) is 0 Å². The molecule has 0 radical (unpaired) electrons. The first-order valence-corrected chi connectivity index (χ1v) is 10.1.